The summed E-state index contributed by atoms with van der Waals surface area (Å²) in [6, 6.07) is 15.4. The molecule has 4 N–H and O–H groups in total. The molecule has 0 radical (unpaired) electrons. The number of fused-ring (bicyclic) bond motifs is 1. The van der Waals surface area contributed by atoms with Crippen LogP contribution in [0.1, 0.15) is 22.6 Å². The molecule has 1 heterocycles. The molecule has 0 aromatic heterocycles. The monoisotopic (exact) mass is 431 g/mol. The highest BCUT2D eigenvalue weighted by molar-refractivity contribution is 6.44. The number of amides is 1. The Balaban J connectivity index is 1.91. The summed E-state index contributed by atoms with van der Waals surface area (Å²) in [5.41, 5.74) is 16.7. The number of ether oxygens (including phenoxy) is 1. The third-order valence-corrected chi connectivity index (χ3v) is 5.51. The summed E-state index contributed by atoms with van der Waals surface area (Å²) < 4.78 is 5.26. The van der Waals surface area contributed by atoms with E-state index in [4.69, 9.17) is 16.2 Å². The van der Waals surface area contributed by atoms with E-state index in [0.717, 1.165) is 22.3 Å². The molecule has 1 aliphatic heterocycles. The summed E-state index contributed by atoms with van der Waals surface area (Å²) in [6.07, 6.45) is 4.91. The highest BCUT2D eigenvalue weighted by Gasteiger charge is 2.31. The molecule has 0 spiro atoms. The quantitative estimate of drug-likeness (QED) is 0.686. The standard InChI is InChI=1S/C25H29N5O2/c1-28-14-19(13-26)22-16-30(15-18-7-4-5-10-21(18)22)25(31)24(29-2)12-23(27)17-8-6-9-20(11-17)32-3/h4-14,22H,15-16,26-27H2,1-3H3/b19-13?,23-12-,28-14?,29-24?. The molecule has 2 aromatic rings. The van der Waals surface area contributed by atoms with Crippen LogP contribution in [0, 0.1) is 0 Å². The Bertz CT molecular complexity index is 1100. The van der Waals surface area contributed by atoms with Crippen molar-refractivity contribution in [2.75, 3.05) is 27.7 Å². The summed E-state index contributed by atoms with van der Waals surface area (Å²) >= 11 is 0. The van der Waals surface area contributed by atoms with Gasteiger partial charge in [0.05, 0.1) is 7.11 Å². The van der Waals surface area contributed by atoms with E-state index >= 15 is 0 Å². The van der Waals surface area contributed by atoms with E-state index in [1.807, 2.05) is 42.5 Å². The van der Waals surface area contributed by atoms with Gasteiger partial charge in [0.1, 0.15) is 11.5 Å². The minimum absolute atomic E-state index is 0.0737. The third kappa shape index (κ3) is 4.88. The lowest BCUT2D eigenvalue weighted by Gasteiger charge is -2.35. The number of carbonyl (C=O) groups is 1. The average Bonchev–Trinajstić information content (AvgIpc) is 2.84. The van der Waals surface area contributed by atoms with Crippen molar-refractivity contribution in [3.05, 3.63) is 83.1 Å². The molecule has 1 amide bonds. The van der Waals surface area contributed by atoms with Crippen molar-refractivity contribution in [1.29, 1.82) is 0 Å². The second-order valence-corrected chi connectivity index (χ2v) is 7.43. The van der Waals surface area contributed by atoms with Gasteiger partial charge in [0, 0.05) is 50.6 Å². The summed E-state index contributed by atoms with van der Waals surface area (Å²) in [5.74, 6) is 0.424. The van der Waals surface area contributed by atoms with Crippen LogP contribution in [-0.4, -0.2) is 50.5 Å². The van der Waals surface area contributed by atoms with Crippen LogP contribution in [0.2, 0.25) is 0 Å². The summed E-state index contributed by atoms with van der Waals surface area (Å²) in [4.78, 5) is 23.6. The highest BCUT2D eigenvalue weighted by atomic mass is 16.5. The number of nitrogens with two attached hydrogens (primary N) is 2. The average molecular weight is 432 g/mol. The molecule has 1 aliphatic rings. The van der Waals surface area contributed by atoms with Crippen molar-refractivity contribution in [1.82, 2.24) is 4.90 Å². The zero-order chi connectivity index (χ0) is 23.1. The Hall–Kier alpha value is -3.87. The highest BCUT2D eigenvalue weighted by Crippen LogP contribution is 2.33. The van der Waals surface area contributed by atoms with E-state index in [1.165, 1.54) is 0 Å². The van der Waals surface area contributed by atoms with Gasteiger partial charge in [-0.1, -0.05) is 36.4 Å². The molecular weight excluding hydrogens is 402 g/mol. The molecule has 2 aromatic carbocycles. The molecule has 0 fully saturated rings. The third-order valence-electron chi connectivity index (χ3n) is 5.51. The number of benzene rings is 2. The lowest BCUT2D eigenvalue weighted by Crippen LogP contribution is -2.42. The van der Waals surface area contributed by atoms with Crippen molar-refractivity contribution in [3.63, 3.8) is 0 Å². The van der Waals surface area contributed by atoms with E-state index in [2.05, 4.69) is 16.1 Å². The molecule has 0 saturated carbocycles. The van der Waals surface area contributed by atoms with Gasteiger partial charge in [-0.2, -0.15) is 0 Å². The zero-order valence-corrected chi connectivity index (χ0v) is 18.7. The van der Waals surface area contributed by atoms with Gasteiger partial charge >= 0.3 is 0 Å². The Morgan fingerprint density at radius 3 is 2.66 bits per heavy atom. The van der Waals surface area contributed by atoms with Crippen molar-refractivity contribution >= 4 is 23.5 Å². The second-order valence-electron chi connectivity index (χ2n) is 7.43. The van der Waals surface area contributed by atoms with E-state index in [-0.39, 0.29) is 17.5 Å². The van der Waals surface area contributed by atoms with E-state index in [9.17, 15) is 4.79 Å². The molecule has 1 unspecified atom stereocenters. The molecule has 32 heavy (non-hydrogen) atoms. The molecule has 7 heteroatoms. The van der Waals surface area contributed by atoms with Gasteiger partial charge in [-0.25, -0.2) is 0 Å². The van der Waals surface area contributed by atoms with Gasteiger partial charge < -0.3 is 21.1 Å². The van der Waals surface area contributed by atoms with Crippen molar-refractivity contribution in [3.8, 4) is 5.75 Å². The van der Waals surface area contributed by atoms with Gasteiger partial charge in [0.15, 0.2) is 0 Å². The number of methoxy groups -OCH3 is 1. The first-order valence-corrected chi connectivity index (χ1v) is 10.3. The maximum Gasteiger partial charge on any atom is 0.272 e. The first-order chi connectivity index (χ1) is 15.5. The van der Waals surface area contributed by atoms with Gasteiger partial charge in [0.25, 0.3) is 5.91 Å². The first kappa shape index (κ1) is 22.8. The van der Waals surface area contributed by atoms with Crippen molar-refractivity contribution in [2.24, 2.45) is 21.5 Å². The first-order valence-electron chi connectivity index (χ1n) is 10.3. The Kier molecular flexibility index (Phi) is 7.44. The van der Waals surface area contributed by atoms with E-state index in [1.54, 1.807) is 44.6 Å². The molecule has 166 valence electrons. The predicted molar refractivity (Wildman–Crippen MR) is 130 cm³/mol. The molecule has 7 nitrogen and oxygen atoms in total. The van der Waals surface area contributed by atoms with Crippen LogP contribution in [0.4, 0.5) is 0 Å². The number of carbonyl (C=O) groups excluding carboxylic acids is 1. The van der Waals surface area contributed by atoms with Crippen LogP contribution < -0.4 is 16.2 Å². The van der Waals surface area contributed by atoms with Gasteiger partial charge in [-0.3, -0.25) is 14.8 Å². The normalized spacial score (nSPS) is 17.4. The lowest BCUT2D eigenvalue weighted by molar-refractivity contribution is -0.125. The fourth-order valence-electron chi connectivity index (χ4n) is 3.86. The lowest BCUT2D eigenvalue weighted by atomic mass is 9.84. The van der Waals surface area contributed by atoms with Crippen LogP contribution in [0.5, 0.6) is 5.75 Å². The number of hydrogen-bond donors (Lipinski definition) is 2. The smallest absolute Gasteiger partial charge is 0.272 e. The SMILES string of the molecule is CN=CC(=CN)C1CN(C(=O)C(/C=C(\N)c2cccc(OC)c2)=NC)Cc2ccccc21. The topological polar surface area (TPSA) is 106 Å². The molecule has 1 atom stereocenters. The second kappa shape index (κ2) is 10.4. The minimum atomic E-state index is -0.192. The molecule has 0 saturated heterocycles. The summed E-state index contributed by atoms with van der Waals surface area (Å²) in [5, 5.41) is 0. The van der Waals surface area contributed by atoms with E-state index in [0.29, 0.717) is 24.5 Å². The maximum absolute atomic E-state index is 13.4. The predicted octanol–water partition coefficient (Wildman–Crippen LogP) is 2.73. The van der Waals surface area contributed by atoms with Crippen molar-refractivity contribution in [2.45, 2.75) is 12.5 Å². The summed E-state index contributed by atoms with van der Waals surface area (Å²) in [7, 11) is 4.89. The number of hydrogen-bond acceptors (Lipinski definition) is 6. The molecular formula is C25H29N5O2. The van der Waals surface area contributed by atoms with Gasteiger partial charge in [-0.15, -0.1) is 0 Å². The van der Waals surface area contributed by atoms with Gasteiger partial charge in [-0.05, 0) is 41.1 Å². The van der Waals surface area contributed by atoms with Crippen LogP contribution in [0.3, 0.4) is 0 Å². The Labute approximate surface area is 188 Å². The minimum Gasteiger partial charge on any atom is -0.497 e. The Morgan fingerprint density at radius 2 is 1.97 bits per heavy atom. The van der Waals surface area contributed by atoms with Crippen LogP contribution >= 0.6 is 0 Å². The fraction of sp³-hybridized carbons (Fsp3) is 0.240. The number of nitrogens with zero attached hydrogens (tertiary/aromatic N) is 3. The van der Waals surface area contributed by atoms with Gasteiger partial charge in [0.2, 0.25) is 0 Å². The maximum atomic E-state index is 13.4. The summed E-state index contributed by atoms with van der Waals surface area (Å²) in [6.45, 7) is 0.954. The van der Waals surface area contributed by atoms with Crippen LogP contribution in [0.25, 0.3) is 5.70 Å². The molecule has 0 bridgehead atoms. The number of aliphatic imine (C=N–C) groups is 2. The number of rotatable bonds is 6. The van der Waals surface area contributed by atoms with Crippen LogP contribution in [-0.2, 0) is 11.3 Å². The van der Waals surface area contributed by atoms with Crippen molar-refractivity contribution < 1.29 is 9.53 Å². The largest absolute Gasteiger partial charge is 0.497 e. The van der Waals surface area contributed by atoms with Crippen LogP contribution in [0.15, 0.2) is 76.4 Å². The van der Waals surface area contributed by atoms with E-state index < -0.39 is 0 Å². The zero-order valence-electron chi connectivity index (χ0n) is 18.7. The molecule has 3 rings (SSSR count). The fourth-order valence-corrected chi connectivity index (χ4v) is 3.86. The Morgan fingerprint density at radius 1 is 1.19 bits per heavy atom. The molecule has 0 aliphatic carbocycles.